The molecule has 0 aliphatic carbocycles. The van der Waals surface area contributed by atoms with Crippen LogP contribution >= 0.6 is 0 Å². The minimum atomic E-state index is -0.119. The molecule has 5 heteroatoms. The Kier molecular flexibility index (Phi) is 6.60. The number of benzene rings is 2. The molecule has 5 nitrogen and oxygen atoms in total. The molecule has 1 aliphatic rings. The Hall–Kier alpha value is -2.66. The van der Waals surface area contributed by atoms with E-state index >= 15 is 0 Å². The zero-order chi connectivity index (χ0) is 19.1. The van der Waals surface area contributed by atoms with Crippen molar-refractivity contribution in [1.29, 1.82) is 0 Å². The van der Waals surface area contributed by atoms with Crippen LogP contribution in [0.5, 0.6) is 0 Å². The number of para-hydroxylation sites is 1. The van der Waals surface area contributed by atoms with Crippen molar-refractivity contribution in [3.63, 3.8) is 0 Å². The summed E-state index contributed by atoms with van der Waals surface area (Å²) in [7, 11) is 0. The van der Waals surface area contributed by atoms with E-state index < -0.39 is 0 Å². The predicted molar refractivity (Wildman–Crippen MR) is 105 cm³/mol. The highest BCUT2D eigenvalue weighted by Gasteiger charge is 2.26. The summed E-state index contributed by atoms with van der Waals surface area (Å²) in [5.74, 6) is -0.271. The van der Waals surface area contributed by atoms with Gasteiger partial charge in [-0.05, 0) is 56.1 Å². The number of carbonyl (C=O) groups excluding carboxylic acids is 2. The molecule has 1 N–H and O–H groups in total. The van der Waals surface area contributed by atoms with Crippen LogP contribution < -0.4 is 5.32 Å². The van der Waals surface area contributed by atoms with E-state index in [0.29, 0.717) is 18.7 Å². The molecule has 1 heterocycles. The van der Waals surface area contributed by atoms with Crippen LogP contribution in [0.1, 0.15) is 35.7 Å². The lowest BCUT2D eigenvalue weighted by Crippen LogP contribution is -2.38. The highest BCUT2D eigenvalue weighted by Crippen LogP contribution is 2.20. The number of nitrogens with zero attached hydrogens (tertiary/aromatic N) is 1. The van der Waals surface area contributed by atoms with Crippen molar-refractivity contribution in [2.75, 3.05) is 25.0 Å². The minimum absolute atomic E-state index is 0.0525. The Morgan fingerprint density at radius 1 is 1.15 bits per heavy atom. The molecular weight excluding hydrogens is 340 g/mol. The molecule has 2 aromatic carbocycles. The molecule has 1 fully saturated rings. The van der Waals surface area contributed by atoms with Crippen LogP contribution in [-0.4, -0.2) is 36.5 Å². The van der Waals surface area contributed by atoms with E-state index in [1.807, 2.05) is 61.5 Å². The second kappa shape index (κ2) is 9.33. The molecular formula is C22H26N2O3. The monoisotopic (exact) mass is 366 g/mol. The number of rotatable bonds is 6. The molecule has 3 rings (SSSR count). The number of esters is 1. The second-order valence-corrected chi connectivity index (χ2v) is 6.85. The van der Waals surface area contributed by atoms with Gasteiger partial charge in [-0.3, -0.25) is 14.5 Å². The van der Waals surface area contributed by atoms with Gasteiger partial charge >= 0.3 is 5.97 Å². The Morgan fingerprint density at radius 2 is 1.96 bits per heavy atom. The number of carbonyl (C=O) groups is 2. The number of hydrogen-bond acceptors (Lipinski definition) is 4. The normalized spacial score (nSPS) is 17.3. The fourth-order valence-electron chi connectivity index (χ4n) is 3.45. The van der Waals surface area contributed by atoms with Gasteiger partial charge in [-0.25, -0.2) is 0 Å². The van der Waals surface area contributed by atoms with Crippen molar-refractivity contribution in [3.8, 4) is 0 Å². The Bertz CT molecular complexity index is 776. The molecule has 1 saturated heterocycles. The van der Waals surface area contributed by atoms with Crippen LogP contribution in [0.2, 0.25) is 0 Å². The summed E-state index contributed by atoms with van der Waals surface area (Å²) in [6.45, 7) is 4.65. The fraction of sp³-hybridized carbons (Fsp3) is 0.364. The highest BCUT2D eigenvalue weighted by molar-refractivity contribution is 6.04. The van der Waals surface area contributed by atoms with E-state index in [2.05, 4.69) is 10.2 Å². The summed E-state index contributed by atoms with van der Waals surface area (Å²) in [5, 5.41) is 2.91. The van der Waals surface area contributed by atoms with Gasteiger partial charge in [0.1, 0.15) is 0 Å². The Balaban J connectivity index is 1.62. The first-order chi connectivity index (χ1) is 13.2. The van der Waals surface area contributed by atoms with Gasteiger partial charge < -0.3 is 10.1 Å². The first-order valence-electron chi connectivity index (χ1n) is 9.50. The maximum Gasteiger partial charge on any atom is 0.310 e. The first kappa shape index (κ1) is 19.1. The molecule has 0 saturated carbocycles. The van der Waals surface area contributed by atoms with Crippen molar-refractivity contribution >= 4 is 17.6 Å². The zero-order valence-corrected chi connectivity index (χ0v) is 15.7. The molecule has 27 heavy (non-hydrogen) atoms. The SMILES string of the molecule is CCOC(=O)C1CCCN(Cc2cccc(C(=O)Nc3ccccc3)c2)C1. The third kappa shape index (κ3) is 5.41. The molecule has 1 atom stereocenters. The lowest BCUT2D eigenvalue weighted by Gasteiger charge is -2.31. The van der Waals surface area contributed by atoms with Crippen LogP contribution in [0.15, 0.2) is 54.6 Å². The van der Waals surface area contributed by atoms with Gasteiger partial charge in [0.05, 0.1) is 12.5 Å². The molecule has 1 amide bonds. The number of likely N-dealkylation sites (tertiary alicyclic amines) is 1. The molecule has 1 aliphatic heterocycles. The molecule has 0 bridgehead atoms. The lowest BCUT2D eigenvalue weighted by molar-refractivity contribution is -0.150. The van der Waals surface area contributed by atoms with E-state index in [9.17, 15) is 9.59 Å². The molecule has 0 spiro atoms. The summed E-state index contributed by atoms with van der Waals surface area (Å²) in [6, 6.07) is 17.1. The van der Waals surface area contributed by atoms with E-state index in [4.69, 9.17) is 4.74 Å². The van der Waals surface area contributed by atoms with Gasteiger partial charge in [-0.1, -0.05) is 30.3 Å². The highest BCUT2D eigenvalue weighted by atomic mass is 16.5. The number of ether oxygens (including phenoxy) is 1. The summed E-state index contributed by atoms with van der Waals surface area (Å²) in [4.78, 5) is 26.8. The van der Waals surface area contributed by atoms with E-state index in [1.54, 1.807) is 0 Å². The van der Waals surface area contributed by atoms with Gasteiger partial charge in [0.2, 0.25) is 0 Å². The number of amides is 1. The summed E-state index contributed by atoms with van der Waals surface area (Å²) >= 11 is 0. The summed E-state index contributed by atoms with van der Waals surface area (Å²) < 4.78 is 5.17. The number of nitrogens with one attached hydrogen (secondary N) is 1. The van der Waals surface area contributed by atoms with Crippen molar-refractivity contribution in [1.82, 2.24) is 4.90 Å². The van der Waals surface area contributed by atoms with E-state index in [-0.39, 0.29) is 17.8 Å². The average Bonchev–Trinajstić information content (AvgIpc) is 2.69. The number of hydrogen-bond donors (Lipinski definition) is 1. The van der Waals surface area contributed by atoms with Crippen LogP contribution in [0, 0.1) is 5.92 Å². The molecule has 0 radical (unpaired) electrons. The van der Waals surface area contributed by atoms with Crippen LogP contribution in [-0.2, 0) is 16.1 Å². The Morgan fingerprint density at radius 3 is 2.74 bits per heavy atom. The van der Waals surface area contributed by atoms with Crippen LogP contribution in [0.3, 0.4) is 0 Å². The van der Waals surface area contributed by atoms with E-state index in [1.165, 1.54) is 0 Å². The topological polar surface area (TPSA) is 58.6 Å². The van der Waals surface area contributed by atoms with Gasteiger partial charge in [0, 0.05) is 24.3 Å². The van der Waals surface area contributed by atoms with E-state index in [0.717, 1.165) is 37.2 Å². The van der Waals surface area contributed by atoms with Crippen LogP contribution in [0.4, 0.5) is 5.69 Å². The zero-order valence-electron chi connectivity index (χ0n) is 15.7. The number of piperidine rings is 1. The third-order valence-electron chi connectivity index (χ3n) is 4.75. The standard InChI is InChI=1S/C22H26N2O3/c1-2-27-22(26)19-10-7-13-24(16-19)15-17-8-6-9-18(14-17)21(25)23-20-11-4-3-5-12-20/h3-6,8-9,11-12,14,19H,2,7,10,13,15-16H2,1H3,(H,23,25). The molecule has 2 aromatic rings. The quantitative estimate of drug-likeness (QED) is 0.792. The largest absolute Gasteiger partial charge is 0.466 e. The molecule has 1 unspecified atom stereocenters. The smallest absolute Gasteiger partial charge is 0.310 e. The third-order valence-corrected chi connectivity index (χ3v) is 4.75. The van der Waals surface area contributed by atoms with Crippen molar-refractivity contribution in [3.05, 3.63) is 65.7 Å². The summed E-state index contributed by atoms with van der Waals surface area (Å²) in [6.07, 6.45) is 1.87. The minimum Gasteiger partial charge on any atom is -0.466 e. The molecule has 142 valence electrons. The van der Waals surface area contributed by atoms with Crippen molar-refractivity contribution in [2.24, 2.45) is 5.92 Å². The average molecular weight is 366 g/mol. The van der Waals surface area contributed by atoms with Crippen molar-refractivity contribution < 1.29 is 14.3 Å². The number of anilines is 1. The second-order valence-electron chi connectivity index (χ2n) is 6.85. The maximum absolute atomic E-state index is 12.5. The van der Waals surface area contributed by atoms with Gasteiger partial charge in [0.25, 0.3) is 5.91 Å². The lowest BCUT2D eigenvalue weighted by atomic mass is 9.97. The molecule has 0 aromatic heterocycles. The van der Waals surface area contributed by atoms with Crippen LogP contribution in [0.25, 0.3) is 0 Å². The first-order valence-corrected chi connectivity index (χ1v) is 9.50. The fourth-order valence-corrected chi connectivity index (χ4v) is 3.45. The van der Waals surface area contributed by atoms with Crippen molar-refractivity contribution in [2.45, 2.75) is 26.3 Å². The summed E-state index contributed by atoms with van der Waals surface area (Å²) in [5.41, 5.74) is 2.48. The van der Waals surface area contributed by atoms with Gasteiger partial charge in [-0.2, -0.15) is 0 Å². The van der Waals surface area contributed by atoms with Gasteiger partial charge in [-0.15, -0.1) is 0 Å². The maximum atomic E-state index is 12.5. The Labute approximate surface area is 160 Å². The van der Waals surface area contributed by atoms with Gasteiger partial charge in [0.15, 0.2) is 0 Å². The predicted octanol–water partition coefficient (Wildman–Crippen LogP) is 3.71.